The molecule has 5 heteroatoms. The van der Waals surface area contributed by atoms with Gasteiger partial charge in [-0.1, -0.05) is 66.2 Å². The summed E-state index contributed by atoms with van der Waals surface area (Å²) in [5, 5.41) is 10.5. The minimum absolute atomic E-state index is 0.0143. The molecule has 5 rings (SSSR count). The first-order valence-corrected chi connectivity index (χ1v) is 10.5. The van der Waals surface area contributed by atoms with Crippen molar-refractivity contribution < 1.29 is 14.6 Å². The summed E-state index contributed by atoms with van der Waals surface area (Å²) in [5.41, 5.74) is 6.87. The summed E-state index contributed by atoms with van der Waals surface area (Å²) in [6, 6.07) is 21.9. The Morgan fingerprint density at radius 3 is 2.33 bits per heavy atom. The van der Waals surface area contributed by atoms with E-state index in [1.54, 1.807) is 4.90 Å². The number of ether oxygens (including phenoxy) is 1. The maximum absolute atomic E-state index is 13.0. The molecule has 1 aliphatic heterocycles. The average molecular weight is 420 g/mol. The van der Waals surface area contributed by atoms with Gasteiger partial charge in [0.1, 0.15) is 6.61 Å². The molecule has 0 radical (unpaired) electrons. The molecule has 152 valence electrons. The van der Waals surface area contributed by atoms with Gasteiger partial charge in [0.15, 0.2) is 0 Å². The molecule has 1 atom stereocenters. The summed E-state index contributed by atoms with van der Waals surface area (Å²) in [7, 11) is 0. The van der Waals surface area contributed by atoms with E-state index in [9.17, 15) is 9.90 Å². The number of carbonyl (C=O) groups is 1. The number of hydrogen-bond acceptors (Lipinski definition) is 3. The summed E-state index contributed by atoms with van der Waals surface area (Å²) >= 11 is 6.13. The van der Waals surface area contributed by atoms with Crippen molar-refractivity contribution in [3.63, 3.8) is 0 Å². The van der Waals surface area contributed by atoms with Gasteiger partial charge in [-0.15, -0.1) is 0 Å². The number of aliphatic hydroxyl groups is 1. The van der Waals surface area contributed by atoms with Crippen LogP contribution < -0.4 is 0 Å². The van der Waals surface area contributed by atoms with Crippen molar-refractivity contribution in [2.45, 2.75) is 24.9 Å². The monoisotopic (exact) mass is 419 g/mol. The molecular weight excluding hydrogens is 398 g/mol. The summed E-state index contributed by atoms with van der Waals surface area (Å²) in [6.07, 6.45) is 0.189. The van der Waals surface area contributed by atoms with Crippen molar-refractivity contribution in [2.75, 3.05) is 13.2 Å². The lowest BCUT2D eigenvalue weighted by Gasteiger charge is -2.35. The standard InChI is InChI=1S/C25H22ClNO3/c26-18-10-9-16-12-19(14-28)27(13-17(16)11-18)25(29)30-15-24-22-7-3-1-5-20(22)21-6-2-4-8-23(21)24/h1-11,19,24,28H,12-15H2/t19-/m0/s1. The van der Waals surface area contributed by atoms with E-state index < -0.39 is 6.09 Å². The third-order valence-electron chi connectivity index (χ3n) is 6.19. The van der Waals surface area contributed by atoms with E-state index in [1.807, 2.05) is 42.5 Å². The van der Waals surface area contributed by atoms with Gasteiger partial charge >= 0.3 is 6.09 Å². The Balaban J connectivity index is 1.36. The van der Waals surface area contributed by atoms with Crippen molar-refractivity contribution >= 4 is 17.7 Å². The highest BCUT2D eigenvalue weighted by molar-refractivity contribution is 6.30. The molecule has 0 spiro atoms. The molecule has 1 N–H and O–H groups in total. The molecule has 4 nitrogen and oxygen atoms in total. The van der Waals surface area contributed by atoms with Gasteiger partial charge in [-0.3, -0.25) is 4.90 Å². The van der Waals surface area contributed by atoms with Crippen LogP contribution in [-0.2, 0) is 17.7 Å². The van der Waals surface area contributed by atoms with Crippen LogP contribution in [-0.4, -0.2) is 35.4 Å². The van der Waals surface area contributed by atoms with E-state index in [0.717, 1.165) is 11.1 Å². The summed E-state index contributed by atoms with van der Waals surface area (Å²) in [6.45, 7) is 0.550. The van der Waals surface area contributed by atoms with Crippen LogP contribution in [0.2, 0.25) is 5.02 Å². The zero-order chi connectivity index (χ0) is 20.7. The fraction of sp³-hybridized carbons (Fsp3) is 0.240. The van der Waals surface area contributed by atoms with Crippen LogP contribution in [0.5, 0.6) is 0 Å². The second-order valence-corrected chi connectivity index (χ2v) is 8.32. The van der Waals surface area contributed by atoms with E-state index in [1.165, 1.54) is 22.3 Å². The van der Waals surface area contributed by atoms with Crippen molar-refractivity contribution in [1.29, 1.82) is 0 Å². The fourth-order valence-corrected chi connectivity index (χ4v) is 4.87. The molecular formula is C25H22ClNO3. The molecule has 0 saturated carbocycles. The predicted octanol–water partition coefficient (Wildman–Crippen LogP) is 5.01. The van der Waals surface area contributed by atoms with Gasteiger partial charge in [-0.05, 0) is 51.9 Å². The Bertz CT molecular complexity index is 1070. The maximum Gasteiger partial charge on any atom is 0.410 e. The number of benzene rings is 3. The topological polar surface area (TPSA) is 49.8 Å². The first-order chi connectivity index (χ1) is 14.7. The maximum atomic E-state index is 13.0. The number of hydrogen-bond donors (Lipinski definition) is 1. The molecule has 3 aromatic carbocycles. The number of rotatable bonds is 3. The lowest BCUT2D eigenvalue weighted by molar-refractivity contribution is 0.0591. The molecule has 1 aliphatic carbocycles. The second kappa shape index (κ2) is 7.78. The highest BCUT2D eigenvalue weighted by Gasteiger charge is 2.33. The lowest BCUT2D eigenvalue weighted by atomic mass is 9.94. The van der Waals surface area contributed by atoms with Gasteiger partial charge in [-0.25, -0.2) is 4.79 Å². The van der Waals surface area contributed by atoms with Crippen LogP contribution in [0.15, 0.2) is 66.7 Å². The van der Waals surface area contributed by atoms with Crippen molar-refractivity contribution in [3.8, 4) is 11.1 Å². The van der Waals surface area contributed by atoms with E-state index in [-0.39, 0.29) is 25.2 Å². The number of nitrogens with zero attached hydrogens (tertiary/aromatic N) is 1. The molecule has 0 unspecified atom stereocenters. The Kier molecular flexibility index (Phi) is 4.97. The zero-order valence-electron chi connectivity index (χ0n) is 16.4. The second-order valence-electron chi connectivity index (χ2n) is 7.89. The Labute approximate surface area is 180 Å². The molecule has 1 heterocycles. The summed E-state index contributed by atoms with van der Waals surface area (Å²) in [4.78, 5) is 14.6. The van der Waals surface area contributed by atoms with Crippen LogP contribution in [0.4, 0.5) is 4.79 Å². The lowest BCUT2D eigenvalue weighted by Crippen LogP contribution is -2.46. The van der Waals surface area contributed by atoms with Crippen molar-refractivity contribution in [2.24, 2.45) is 0 Å². The van der Waals surface area contributed by atoms with E-state index >= 15 is 0 Å². The SMILES string of the molecule is O=C(OCC1c2ccccc2-c2ccccc21)N1Cc2cc(Cl)ccc2C[C@H]1CO. The van der Waals surface area contributed by atoms with Crippen LogP contribution in [0.25, 0.3) is 11.1 Å². The molecule has 0 fully saturated rings. The molecule has 3 aromatic rings. The van der Waals surface area contributed by atoms with Crippen molar-refractivity contribution in [3.05, 3.63) is 94.0 Å². The highest BCUT2D eigenvalue weighted by Crippen LogP contribution is 2.44. The van der Waals surface area contributed by atoms with Gasteiger partial charge in [0.2, 0.25) is 0 Å². The third kappa shape index (κ3) is 3.26. The molecule has 0 bridgehead atoms. The van der Waals surface area contributed by atoms with Crippen LogP contribution in [0, 0.1) is 0 Å². The first-order valence-electron chi connectivity index (χ1n) is 10.2. The largest absolute Gasteiger partial charge is 0.448 e. The van der Waals surface area contributed by atoms with Gasteiger partial charge in [0.05, 0.1) is 12.6 Å². The Morgan fingerprint density at radius 2 is 1.67 bits per heavy atom. The van der Waals surface area contributed by atoms with Gasteiger partial charge in [0, 0.05) is 17.5 Å². The quantitative estimate of drug-likeness (QED) is 0.649. The van der Waals surface area contributed by atoms with Crippen LogP contribution >= 0.6 is 11.6 Å². The van der Waals surface area contributed by atoms with E-state index in [0.29, 0.717) is 18.0 Å². The van der Waals surface area contributed by atoms with Crippen LogP contribution in [0.3, 0.4) is 0 Å². The van der Waals surface area contributed by atoms with Crippen LogP contribution in [0.1, 0.15) is 28.2 Å². The number of halogens is 1. The number of aliphatic hydroxyl groups excluding tert-OH is 1. The molecule has 0 aromatic heterocycles. The van der Waals surface area contributed by atoms with Gasteiger partial charge in [-0.2, -0.15) is 0 Å². The summed E-state index contributed by atoms with van der Waals surface area (Å²) < 4.78 is 5.80. The first kappa shape index (κ1) is 19.2. The molecule has 0 saturated heterocycles. The minimum Gasteiger partial charge on any atom is -0.448 e. The Morgan fingerprint density at radius 1 is 1.00 bits per heavy atom. The third-order valence-corrected chi connectivity index (χ3v) is 6.42. The smallest absolute Gasteiger partial charge is 0.410 e. The number of amides is 1. The zero-order valence-corrected chi connectivity index (χ0v) is 17.2. The van der Waals surface area contributed by atoms with Gasteiger partial charge in [0.25, 0.3) is 0 Å². The molecule has 1 amide bonds. The number of carbonyl (C=O) groups excluding carboxylic acids is 1. The highest BCUT2D eigenvalue weighted by atomic mass is 35.5. The van der Waals surface area contributed by atoms with Crippen molar-refractivity contribution in [1.82, 2.24) is 4.90 Å². The van der Waals surface area contributed by atoms with Gasteiger partial charge < -0.3 is 9.84 Å². The number of fused-ring (bicyclic) bond motifs is 4. The molecule has 2 aliphatic rings. The fourth-order valence-electron chi connectivity index (χ4n) is 4.67. The van der Waals surface area contributed by atoms with E-state index in [2.05, 4.69) is 24.3 Å². The predicted molar refractivity (Wildman–Crippen MR) is 117 cm³/mol. The average Bonchev–Trinajstić information content (AvgIpc) is 3.10. The normalized spacial score (nSPS) is 17.3. The molecule has 30 heavy (non-hydrogen) atoms. The Hall–Kier alpha value is -2.82. The van der Waals surface area contributed by atoms with E-state index in [4.69, 9.17) is 16.3 Å². The minimum atomic E-state index is -0.401. The summed E-state index contributed by atoms with van der Waals surface area (Å²) in [5.74, 6) is 0.0143.